The highest BCUT2D eigenvalue weighted by Gasteiger charge is 2.10. The molecule has 1 N–H and O–H groups in total. The number of rotatable bonds is 2. The van der Waals surface area contributed by atoms with Crippen LogP contribution in [0.3, 0.4) is 0 Å². The van der Waals surface area contributed by atoms with Gasteiger partial charge in [0.25, 0.3) is 0 Å². The minimum atomic E-state index is -2.50. The van der Waals surface area contributed by atoms with Crippen LogP contribution in [0.1, 0.15) is 11.1 Å². The van der Waals surface area contributed by atoms with Gasteiger partial charge in [0.2, 0.25) is 0 Å². The van der Waals surface area contributed by atoms with Gasteiger partial charge in [-0.15, -0.1) is 0 Å². The summed E-state index contributed by atoms with van der Waals surface area (Å²) < 4.78 is 23.2. The molecule has 0 bridgehead atoms. The molecule has 1 rings (SSSR count). The maximum Gasteiger partial charge on any atom is 0.357 e. The van der Waals surface area contributed by atoms with Gasteiger partial charge in [0.05, 0.1) is 5.56 Å². The molecule has 0 saturated heterocycles. The van der Waals surface area contributed by atoms with E-state index in [-0.39, 0.29) is 16.9 Å². The van der Waals surface area contributed by atoms with Crippen molar-refractivity contribution in [3.05, 3.63) is 29.3 Å². The van der Waals surface area contributed by atoms with Crippen LogP contribution in [0, 0.1) is 22.7 Å². The predicted octanol–water partition coefficient (Wildman–Crippen LogP) is 0.945. The Morgan fingerprint density at radius 3 is 2.57 bits per heavy atom. The lowest BCUT2D eigenvalue weighted by molar-refractivity contribution is 0.457. The average Bonchev–Trinajstić information content (AvgIpc) is 2.16. The molecule has 0 amide bonds. The SMILES string of the molecule is N#Cc1cccc(OS(=O)O)c1C#N. The molecule has 1 unspecified atom stereocenters. The summed E-state index contributed by atoms with van der Waals surface area (Å²) in [6.45, 7) is 0. The van der Waals surface area contributed by atoms with E-state index >= 15 is 0 Å². The van der Waals surface area contributed by atoms with Crippen molar-refractivity contribution in [2.24, 2.45) is 0 Å². The second-order valence-electron chi connectivity index (χ2n) is 2.20. The fourth-order valence-electron chi connectivity index (χ4n) is 0.886. The Hall–Kier alpha value is -1.89. The van der Waals surface area contributed by atoms with E-state index in [9.17, 15) is 4.21 Å². The Morgan fingerprint density at radius 1 is 1.36 bits per heavy atom. The molecule has 5 nitrogen and oxygen atoms in total. The van der Waals surface area contributed by atoms with Crippen molar-refractivity contribution in [2.45, 2.75) is 0 Å². The summed E-state index contributed by atoms with van der Waals surface area (Å²) in [4.78, 5) is 0. The van der Waals surface area contributed by atoms with Gasteiger partial charge in [-0.3, -0.25) is 4.55 Å². The molecular weight excluding hydrogens is 204 g/mol. The van der Waals surface area contributed by atoms with Gasteiger partial charge in [-0.1, -0.05) is 6.07 Å². The van der Waals surface area contributed by atoms with E-state index in [4.69, 9.17) is 15.1 Å². The zero-order chi connectivity index (χ0) is 10.6. The zero-order valence-electron chi connectivity index (χ0n) is 6.80. The van der Waals surface area contributed by atoms with Gasteiger partial charge in [0.15, 0.2) is 5.75 Å². The molecule has 0 heterocycles. The van der Waals surface area contributed by atoms with E-state index in [2.05, 4.69) is 4.18 Å². The average molecular weight is 208 g/mol. The molecule has 0 aliphatic heterocycles. The van der Waals surface area contributed by atoms with Crippen LogP contribution in [0.2, 0.25) is 0 Å². The maximum absolute atomic E-state index is 10.3. The van der Waals surface area contributed by atoms with Crippen molar-refractivity contribution >= 4 is 11.4 Å². The lowest BCUT2D eigenvalue weighted by atomic mass is 10.1. The third-order valence-corrected chi connectivity index (χ3v) is 1.74. The molecular formula is C8H4N2O3S. The third-order valence-electron chi connectivity index (χ3n) is 1.42. The fraction of sp³-hybridized carbons (Fsp3) is 0. The Bertz CT molecular complexity index is 459. The standard InChI is InChI=1S/C8H4N2O3S/c9-4-6-2-1-3-8(7(6)5-10)13-14(11)12/h1-3H,(H,11,12). The first kappa shape index (κ1) is 10.2. The van der Waals surface area contributed by atoms with Gasteiger partial charge in [-0.05, 0) is 12.1 Å². The van der Waals surface area contributed by atoms with E-state index in [1.807, 2.05) is 0 Å². The number of hydrogen-bond acceptors (Lipinski definition) is 4. The molecule has 1 atom stereocenters. The van der Waals surface area contributed by atoms with E-state index in [0.29, 0.717) is 0 Å². The monoisotopic (exact) mass is 208 g/mol. The van der Waals surface area contributed by atoms with Crippen LogP contribution in [0.5, 0.6) is 5.75 Å². The summed E-state index contributed by atoms with van der Waals surface area (Å²) in [5.74, 6) is -0.0765. The van der Waals surface area contributed by atoms with Gasteiger partial charge in [-0.25, -0.2) is 0 Å². The van der Waals surface area contributed by atoms with Crippen LogP contribution in [0.15, 0.2) is 18.2 Å². The van der Waals surface area contributed by atoms with Crippen molar-refractivity contribution in [1.29, 1.82) is 10.5 Å². The number of nitriles is 2. The predicted molar refractivity (Wildman–Crippen MR) is 47.3 cm³/mol. The summed E-state index contributed by atoms with van der Waals surface area (Å²) in [7, 11) is 0. The molecule has 0 aliphatic carbocycles. The highest BCUT2D eigenvalue weighted by Crippen LogP contribution is 2.21. The van der Waals surface area contributed by atoms with E-state index < -0.39 is 11.4 Å². The van der Waals surface area contributed by atoms with E-state index in [1.165, 1.54) is 18.2 Å². The first-order chi connectivity index (χ1) is 6.69. The molecule has 0 radical (unpaired) electrons. The lowest BCUT2D eigenvalue weighted by Crippen LogP contribution is -2.00. The molecule has 0 aliphatic rings. The first-order valence-corrected chi connectivity index (χ1v) is 4.44. The highest BCUT2D eigenvalue weighted by atomic mass is 32.2. The second kappa shape index (κ2) is 4.38. The van der Waals surface area contributed by atoms with Crippen molar-refractivity contribution < 1.29 is 12.9 Å². The molecule has 1 aromatic carbocycles. The second-order valence-corrected chi connectivity index (χ2v) is 2.80. The summed E-state index contributed by atoms with van der Waals surface area (Å²) in [6, 6.07) is 7.73. The largest absolute Gasteiger partial charge is 0.379 e. The molecule has 0 fully saturated rings. The number of benzene rings is 1. The molecule has 0 spiro atoms. The Balaban J connectivity index is 3.25. The normalized spacial score (nSPS) is 11.1. The van der Waals surface area contributed by atoms with Gasteiger partial charge in [-0.2, -0.15) is 14.7 Å². The first-order valence-electron chi connectivity index (χ1n) is 3.41. The van der Waals surface area contributed by atoms with Crippen molar-refractivity contribution in [3.63, 3.8) is 0 Å². The molecule has 1 aromatic rings. The van der Waals surface area contributed by atoms with Crippen molar-refractivity contribution in [3.8, 4) is 17.9 Å². The summed E-state index contributed by atoms with van der Waals surface area (Å²) >= 11 is -2.50. The highest BCUT2D eigenvalue weighted by molar-refractivity contribution is 7.74. The fourth-order valence-corrected chi connectivity index (χ4v) is 1.18. The zero-order valence-corrected chi connectivity index (χ0v) is 7.61. The lowest BCUT2D eigenvalue weighted by Gasteiger charge is -2.02. The van der Waals surface area contributed by atoms with Gasteiger partial charge < -0.3 is 4.18 Å². The van der Waals surface area contributed by atoms with E-state index in [1.54, 1.807) is 12.1 Å². The Kier molecular flexibility index (Phi) is 3.19. The summed E-state index contributed by atoms with van der Waals surface area (Å²) in [5, 5.41) is 17.3. The summed E-state index contributed by atoms with van der Waals surface area (Å²) in [6.07, 6.45) is 0. The van der Waals surface area contributed by atoms with Crippen LogP contribution >= 0.6 is 0 Å². The minimum absolute atomic E-state index is 0.0441. The molecule has 6 heteroatoms. The third kappa shape index (κ3) is 2.07. The van der Waals surface area contributed by atoms with Crippen molar-refractivity contribution in [2.75, 3.05) is 0 Å². The van der Waals surface area contributed by atoms with Crippen LogP contribution in [-0.4, -0.2) is 8.76 Å². The van der Waals surface area contributed by atoms with Gasteiger partial charge >= 0.3 is 11.4 Å². The number of nitrogens with zero attached hydrogens (tertiary/aromatic N) is 2. The maximum atomic E-state index is 10.3. The van der Waals surface area contributed by atoms with Crippen LogP contribution in [0.25, 0.3) is 0 Å². The summed E-state index contributed by atoms with van der Waals surface area (Å²) in [5.41, 5.74) is 0.0628. The quantitative estimate of drug-likeness (QED) is 0.730. The number of hydrogen-bond donors (Lipinski definition) is 1. The Morgan fingerprint density at radius 2 is 2.07 bits per heavy atom. The van der Waals surface area contributed by atoms with Crippen molar-refractivity contribution in [1.82, 2.24) is 0 Å². The van der Waals surface area contributed by atoms with Crippen LogP contribution in [0.4, 0.5) is 0 Å². The molecule has 70 valence electrons. The minimum Gasteiger partial charge on any atom is -0.379 e. The topological polar surface area (TPSA) is 94.1 Å². The van der Waals surface area contributed by atoms with Crippen LogP contribution < -0.4 is 4.18 Å². The molecule has 0 saturated carbocycles. The van der Waals surface area contributed by atoms with Gasteiger partial charge in [0, 0.05) is 0 Å². The molecule has 0 aromatic heterocycles. The smallest absolute Gasteiger partial charge is 0.357 e. The van der Waals surface area contributed by atoms with Gasteiger partial charge in [0.1, 0.15) is 17.7 Å². The Labute approximate surface area is 82.6 Å². The van der Waals surface area contributed by atoms with E-state index in [0.717, 1.165) is 0 Å². The molecule has 14 heavy (non-hydrogen) atoms. The van der Waals surface area contributed by atoms with Crippen LogP contribution in [-0.2, 0) is 11.4 Å².